The van der Waals surface area contributed by atoms with E-state index in [9.17, 15) is 5.11 Å². The van der Waals surface area contributed by atoms with E-state index in [2.05, 4.69) is 18.1 Å². The topological polar surface area (TPSA) is 20.2 Å². The molecular weight excluding hydrogens is 184 g/mol. The van der Waals surface area contributed by atoms with Crippen molar-refractivity contribution >= 4 is 0 Å². The van der Waals surface area contributed by atoms with Crippen molar-refractivity contribution in [1.29, 1.82) is 0 Å². The molecule has 0 aliphatic carbocycles. The second kappa shape index (κ2) is 7.09. The molecule has 0 spiro atoms. The molecule has 0 aliphatic heterocycles. The largest absolute Gasteiger partial charge is 0.393 e. The lowest BCUT2D eigenvalue weighted by Gasteiger charge is -2.08. The number of hydrogen-bond acceptors (Lipinski definition) is 1. The summed E-state index contributed by atoms with van der Waals surface area (Å²) in [6, 6.07) is 10.3. The fraction of sp³-hybridized carbons (Fsp3) is 0.429. The van der Waals surface area contributed by atoms with Crippen LogP contribution in [-0.2, 0) is 6.42 Å². The quantitative estimate of drug-likeness (QED) is 0.703. The fourth-order valence-corrected chi connectivity index (χ4v) is 1.58. The van der Waals surface area contributed by atoms with Crippen molar-refractivity contribution in [2.75, 3.05) is 0 Å². The summed E-state index contributed by atoms with van der Waals surface area (Å²) in [6.07, 6.45) is 9.21. The Bertz CT molecular complexity index is 297. The van der Waals surface area contributed by atoms with Gasteiger partial charge in [0, 0.05) is 6.42 Å². The van der Waals surface area contributed by atoms with Gasteiger partial charge in [-0.25, -0.2) is 0 Å². The molecule has 0 radical (unpaired) electrons. The zero-order valence-corrected chi connectivity index (χ0v) is 9.02. The van der Waals surface area contributed by atoms with E-state index in [0.717, 1.165) is 25.7 Å². The van der Waals surface area contributed by atoms with Gasteiger partial charge in [0.15, 0.2) is 0 Å². The monoisotopic (exact) mass is 202 g/mol. The summed E-state index contributed by atoms with van der Waals surface area (Å²) < 4.78 is 0. The van der Waals surface area contributed by atoms with Crippen molar-refractivity contribution in [3.05, 3.63) is 35.9 Å². The molecule has 0 bridgehead atoms. The molecule has 0 saturated carbocycles. The van der Waals surface area contributed by atoms with Crippen LogP contribution in [0, 0.1) is 12.3 Å². The molecule has 0 heterocycles. The first-order valence-electron chi connectivity index (χ1n) is 5.48. The normalized spacial score (nSPS) is 12.0. The fourth-order valence-electron chi connectivity index (χ4n) is 1.58. The first kappa shape index (κ1) is 11.8. The third-order valence-electron chi connectivity index (χ3n) is 2.47. The van der Waals surface area contributed by atoms with Gasteiger partial charge < -0.3 is 5.11 Å². The zero-order valence-electron chi connectivity index (χ0n) is 9.02. The zero-order chi connectivity index (χ0) is 10.9. The van der Waals surface area contributed by atoms with Crippen LogP contribution in [0.3, 0.4) is 0 Å². The summed E-state index contributed by atoms with van der Waals surface area (Å²) in [7, 11) is 0. The number of aliphatic hydroxyl groups excluding tert-OH is 1. The summed E-state index contributed by atoms with van der Waals surface area (Å²) in [4.78, 5) is 0. The summed E-state index contributed by atoms with van der Waals surface area (Å²) >= 11 is 0. The molecule has 1 unspecified atom stereocenters. The molecule has 1 N–H and O–H groups in total. The number of aryl methyl sites for hydroxylation is 1. The minimum atomic E-state index is -0.232. The number of aliphatic hydroxyl groups is 1. The highest BCUT2D eigenvalue weighted by Gasteiger charge is 2.02. The molecule has 0 aliphatic rings. The average Bonchev–Trinajstić information content (AvgIpc) is 2.28. The minimum absolute atomic E-state index is 0.232. The van der Waals surface area contributed by atoms with Crippen LogP contribution in [0.1, 0.15) is 31.2 Å². The minimum Gasteiger partial charge on any atom is -0.393 e. The maximum Gasteiger partial charge on any atom is 0.0549 e. The molecule has 1 nitrogen and oxygen atoms in total. The third-order valence-corrected chi connectivity index (χ3v) is 2.47. The molecule has 1 aromatic carbocycles. The van der Waals surface area contributed by atoms with E-state index in [1.807, 2.05) is 18.2 Å². The lowest BCUT2D eigenvalue weighted by Crippen LogP contribution is -2.06. The van der Waals surface area contributed by atoms with Gasteiger partial charge in [0.05, 0.1) is 6.10 Å². The Balaban J connectivity index is 2.14. The van der Waals surface area contributed by atoms with Crippen LogP contribution in [0.25, 0.3) is 0 Å². The van der Waals surface area contributed by atoms with Gasteiger partial charge in [-0.3, -0.25) is 0 Å². The summed E-state index contributed by atoms with van der Waals surface area (Å²) in [5.74, 6) is 2.55. The van der Waals surface area contributed by atoms with Gasteiger partial charge in [-0.1, -0.05) is 30.3 Å². The summed E-state index contributed by atoms with van der Waals surface area (Å²) in [6.45, 7) is 0. The highest BCUT2D eigenvalue weighted by molar-refractivity contribution is 5.14. The van der Waals surface area contributed by atoms with E-state index in [1.54, 1.807) is 0 Å². The highest BCUT2D eigenvalue weighted by Crippen LogP contribution is 2.09. The predicted octanol–water partition coefficient (Wildman–Crippen LogP) is 2.78. The van der Waals surface area contributed by atoms with Crippen molar-refractivity contribution in [1.82, 2.24) is 0 Å². The lowest BCUT2D eigenvalue weighted by molar-refractivity contribution is 0.154. The second-order valence-corrected chi connectivity index (χ2v) is 3.77. The van der Waals surface area contributed by atoms with Crippen molar-refractivity contribution in [3.8, 4) is 12.3 Å². The Hall–Kier alpha value is -1.26. The molecule has 1 atom stereocenters. The van der Waals surface area contributed by atoms with Gasteiger partial charge >= 0.3 is 0 Å². The standard InChI is InChI=1S/C14H18O/c1-2-3-11-14(15)12-7-10-13-8-5-4-6-9-13/h1,4-6,8-9,14-15H,3,7,10-12H2. The maximum absolute atomic E-state index is 9.56. The van der Waals surface area contributed by atoms with E-state index in [1.165, 1.54) is 5.56 Å². The molecule has 1 rings (SSSR count). The smallest absolute Gasteiger partial charge is 0.0549 e. The lowest BCUT2D eigenvalue weighted by atomic mass is 10.0. The van der Waals surface area contributed by atoms with Gasteiger partial charge in [0.2, 0.25) is 0 Å². The summed E-state index contributed by atoms with van der Waals surface area (Å²) in [5.41, 5.74) is 1.33. The van der Waals surface area contributed by atoms with E-state index < -0.39 is 0 Å². The van der Waals surface area contributed by atoms with Gasteiger partial charge in [0.1, 0.15) is 0 Å². The van der Waals surface area contributed by atoms with E-state index in [0.29, 0.717) is 6.42 Å². The number of terminal acetylenes is 1. The van der Waals surface area contributed by atoms with Crippen molar-refractivity contribution in [3.63, 3.8) is 0 Å². The number of rotatable bonds is 6. The van der Waals surface area contributed by atoms with Crippen molar-refractivity contribution in [2.45, 2.75) is 38.2 Å². The van der Waals surface area contributed by atoms with Crippen LogP contribution < -0.4 is 0 Å². The Morgan fingerprint density at radius 1 is 1.20 bits per heavy atom. The van der Waals surface area contributed by atoms with E-state index >= 15 is 0 Å². The van der Waals surface area contributed by atoms with Crippen LogP contribution >= 0.6 is 0 Å². The maximum atomic E-state index is 9.56. The second-order valence-electron chi connectivity index (χ2n) is 3.77. The number of hydrogen-bond donors (Lipinski definition) is 1. The Kier molecular flexibility index (Phi) is 5.58. The molecule has 1 aromatic rings. The van der Waals surface area contributed by atoms with Crippen molar-refractivity contribution in [2.24, 2.45) is 0 Å². The Morgan fingerprint density at radius 3 is 2.60 bits per heavy atom. The average molecular weight is 202 g/mol. The Morgan fingerprint density at radius 2 is 1.93 bits per heavy atom. The molecule has 15 heavy (non-hydrogen) atoms. The first-order valence-corrected chi connectivity index (χ1v) is 5.48. The molecule has 0 fully saturated rings. The van der Waals surface area contributed by atoms with Gasteiger partial charge in [0.25, 0.3) is 0 Å². The van der Waals surface area contributed by atoms with Crippen LogP contribution in [0.4, 0.5) is 0 Å². The molecule has 0 saturated heterocycles. The van der Waals surface area contributed by atoms with Crippen LogP contribution in [0.5, 0.6) is 0 Å². The van der Waals surface area contributed by atoms with Gasteiger partial charge in [-0.05, 0) is 31.2 Å². The van der Waals surface area contributed by atoms with E-state index in [4.69, 9.17) is 6.42 Å². The molecule has 80 valence electrons. The van der Waals surface area contributed by atoms with Gasteiger partial charge in [-0.15, -0.1) is 12.3 Å². The van der Waals surface area contributed by atoms with Gasteiger partial charge in [-0.2, -0.15) is 0 Å². The molecule has 1 heteroatoms. The SMILES string of the molecule is C#CCCC(O)CCCc1ccccc1. The van der Waals surface area contributed by atoms with E-state index in [-0.39, 0.29) is 6.10 Å². The van der Waals surface area contributed by atoms with Crippen LogP contribution in [0.2, 0.25) is 0 Å². The van der Waals surface area contributed by atoms with Crippen molar-refractivity contribution < 1.29 is 5.11 Å². The highest BCUT2D eigenvalue weighted by atomic mass is 16.3. The summed E-state index contributed by atoms with van der Waals surface area (Å²) in [5, 5.41) is 9.56. The third kappa shape index (κ3) is 5.24. The molecule has 0 amide bonds. The molecule has 0 aromatic heterocycles. The predicted molar refractivity (Wildman–Crippen MR) is 63.5 cm³/mol. The number of benzene rings is 1. The molecular formula is C14H18O. The Labute approximate surface area is 92.1 Å². The first-order chi connectivity index (χ1) is 7.33. The van der Waals surface area contributed by atoms with Crippen LogP contribution in [0.15, 0.2) is 30.3 Å². The van der Waals surface area contributed by atoms with Crippen LogP contribution in [-0.4, -0.2) is 11.2 Å².